The Bertz CT molecular complexity index is 1090. The Morgan fingerprint density at radius 2 is 1.66 bits per heavy atom. The molecule has 0 aliphatic carbocycles. The Kier molecular flexibility index (Phi) is 6.39. The number of fused-ring (bicyclic) bond motifs is 1. The van der Waals surface area contributed by atoms with Gasteiger partial charge in [0.25, 0.3) is 17.4 Å². The van der Waals surface area contributed by atoms with E-state index in [0.29, 0.717) is 28.6 Å². The maximum absolute atomic E-state index is 12.9. The topological polar surface area (TPSA) is 93.1 Å². The molecule has 0 spiro atoms. The van der Waals surface area contributed by atoms with E-state index in [9.17, 15) is 14.4 Å². The van der Waals surface area contributed by atoms with Gasteiger partial charge in [0.2, 0.25) is 0 Å². The number of aryl methyl sites for hydroxylation is 1. The van der Waals surface area contributed by atoms with E-state index in [1.54, 1.807) is 55.6 Å². The molecule has 3 aromatic rings. The lowest BCUT2D eigenvalue weighted by molar-refractivity contribution is 0.0962. The van der Waals surface area contributed by atoms with Crippen molar-refractivity contribution in [3.63, 3.8) is 0 Å². The van der Waals surface area contributed by atoms with Crippen LogP contribution in [0.25, 0.3) is 10.8 Å². The van der Waals surface area contributed by atoms with E-state index in [0.717, 1.165) is 19.3 Å². The van der Waals surface area contributed by atoms with E-state index < -0.39 is 5.91 Å². The summed E-state index contributed by atoms with van der Waals surface area (Å²) in [6.07, 6.45) is 2.84. The maximum atomic E-state index is 12.9. The number of hydrogen-bond acceptors (Lipinski definition) is 4. The van der Waals surface area contributed by atoms with Crippen molar-refractivity contribution in [3.8, 4) is 0 Å². The van der Waals surface area contributed by atoms with Crippen LogP contribution in [0.4, 0.5) is 5.69 Å². The minimum atomic E-state index is -0.405. The van der Waals surface area contributed by atoms with Gasteiger partial charge in [-0.25, -0.2) is 4.68 Å². The van der Waals surface area contributed by atoms with Crippen molar-refractivity contribution >= 4 is 28.3 Å². The van der Waals surface area contributed by atoms with E-state index in [1.165, 1.54) is 4.68 Å². The van der Waals surface area contributed by atoms with Crippen LogP contribution in [0, 0.1) is 0 Å². The Hall–Kier alpha value is -3.48. The molecule has 0 aliphatic heterocycles. The van der Waals surface area contributed by atoms with Gasteiger partial charge in [0.15, 0.2) is 5.69 Å². The van der Waals surface area contributed by atoms with Gasteiger partial charge in [0.1, 0.15) is 0 Å². The van der Waals surface area contributed by atoms with Gasteiger partial charge >= 0.3 is 0 Å². The van der Waals surface area contributed by atoms with Gasteiger partial charge in [-0.15, -0.1) is 0 Å². The predicted octanol–water partition coefficient (Wildman–Crippen LogP) is 3.20. The summed E-state index contributed by atoms with van der Waals surface area (Å²) in [6, 6.07) is 13.6. The van der Waals surface area contributed by atoms with Gasteiger partial charge in [-0.05, 0) is 36.8 Å². The standard InChI is InChI=1S/C22H24N4O3/c1-3-4-7-14-26-22(29)18-9-6-5-8-17(18)19(25-26)21(28)24-16-12-10-15(11-13-16)20(27)23-2/h5-6,8-13H,3-4,7,14H2,1-2H3,(H,23,27)(H,24,28). The zero-order valence-corrected chi connectivity index (χ0v) is 16.6. The summed E-state index contributed by atoms with van der Waals surface area (Å²) in [7, 11) is 1.56. The third kappa shape index (κ3) is 4.51. The minimum Gasteiger partial charge on any atom is -0.355 e. The second kappa shape index (κ2) is 9.14. The quantitative estimate of drug-likeness (QED) is 0.604. The van der Waals surface area contributed by atoms with Crippen molar-refractivity contribution in [2.45, 2.75) is 32.7 Å². The first kappa shape index (κ1) is 20.3. The molecule has 1 aromatic heterocycles. The third-order valence-corrected chi connectivity index (χ3v) is 4.69. The highest BCUT2D eigenvalue weighted by Gasteiger charge is 2.17. The number of aromatic nitrogens is 2. The molecule has 0 bridgehead atoms. The molecule has 0 radical (unpaired) electrons. The van der Waals surface area contributed by atoms with E-state index in [2.05, 4.69) is 22.7 Å². The molecule has 2 N–H and O–H groups in total. The Balaban J connectivity index is 1.93. The summed E-state index contributed by atoms with van der Waals surface area (Å²) < 4.78 is 1.38. The normalized spacial score (nSPS) is 10.7. The number of amides is 2. The van der Waals surface area contributed by atoms with Crippen molar-refractivity contribution in [3.05, 3.63) is 70.1 Å². The highest BCUT2D eigenvalue weighted by Crippen LogP contribution is 2.16. The largest absolute Gasteiger partial charge is 0.355 e. The van der Waals surface area contributed by atoms with Crippen LogP contribution in [0.15, 0.2) is 53.3 Å². The molecule has 29 heavy (non-hydrogen) atoms. The van der Waals surface area contributed by atoms with Crippen molar-refractivity contribution < 1.29 is 9.59 Å². The number of benzene rings is 2. The Morgan fingerprint density at radius 1 is 0.966 bits per heavy atom. The summed E-state index contributed by atoms with van der Waals surface area (Å²) in [5.74, 6) is -0.604. The van der Waals surface area contributed by atoms with Gasteiger partial charge in [-0.3, -0.25) is 14.4 Å². The van der Waals surface area contributed by atoms with E-state index in [-0.39, 0.29) is 17.2 Å². The van der Waals surface area contributed by atoms with Crippen LogP contribution in [0.2, 0.25) is 0 Å². The van der Waals surface area contributed by atoms with E-state index in [4.69, 9.17) is 0 Å². The fraction of sp³-hybridized carbons (Fsp3) is 0.273. The van der Waals surface area contributed by atoms with Gasteiger partial charge in [0.05, 0.1) is 5.39 Å². The average Bonchev–Trinajstić information content (AvgIpc) is 2.75. The van der Waals surface area contributed by atoms with E-state index >= 15 is 0 Å². The fourth-order valence-electron chi connectivity index (χ4n) is 3.11. The van der Waals surface area contributed by atoms with E-state index in [1.807, 2.05) is 0 Å². The number of nitrogens with zero attached hydrogens (tertiary/aromatic N) is 2. The van der Waals surface area contributed by atoms with Gasteiger partial charge in [0, 0.05) is 30.2 Å². The van der Waals surface area contributed by atoms with Crippen LogP contribution >= 0.6 is 0 Å². The molecule has 7 nitrogen and oxygen atoms in total. The van der Waals surface area contributed by atoms with Crippen LogP contribution in [0.1, 0.15) is 47.0 Å². The summed E-state index contributed by atoms with van der Waals surface area (Å²) in [5.41, 5.74) is 1.05. The molecule has 150 valence electrons. The summed E-state index contributed by atoms with van der Waals surface area (Å²) in [4.78, 5) is 37.3. The zero-order chi connectivity index (χ0) is 20.8. The molecule has 0 fully saturated rings. The molecule has 2 amide bonds. The lowest BCUT2D eigenvalue weighted by atomic mass is 10.1. The Labute approximate surface area is 168 Å². The molecular formula is C22H24N4O3. The third-order valence-electron chi connectivity index (χ3n) is 4.69. The number of carbonyl (C=O) groups excluding carboxylic acids is 2. The van der Waals surface area contributed by atoms with Crippen molar-refractivity contribution in [2.75, 3.05) is 12.4 Å². The monoisotopic (exact) mass is 392 g/mol. The van der Waals surface area contributed by atoms with Crippen LogP contribution in [0.3, 0.4) is 0 Å². The number of nitrogens with one attached hydrogen (secondary N) is 2. The molecule has 0 unspecified atom stereocenters. The second-order valence-corrected chi connectivity index (χ2v) is 6.74. The Morgan fingerprint density at radius 3 is 2.31 bits per heavy atom. The molecule has 2 aromatic carbocycles. The van der Waals surface area contributed by atoms with Gasteiger partial charge < -0.3 is 10.6 Å². The number of anilines is 1. The average molecular weight is 392 g/mol. The van der Waals surface area contributed by atoms with Crippen molar-refractivity contribution in [1.29, 1.82) is 0 Å². The highest BCUT2D eigenvalue weighted by molar-refractivity contribution is 6.11. The summed E-state index contributed by atoms with van der Waals surface area (Å²) in [6.45, 7) is 2.56. The highest BCUT2D eigenvalue weighted by atomic mass is 16.2. The van der Waals surface area contributed by atoms with Crippen molar-refractivity contribution in [1.82, 2.24) is 15.1 Å². The van der Waals surface area contributed by atoms with Crippen LogP contribution in [-0.2, 0) is 6.54 Å². The number of unbranched alkanes of at least 4 members (excludes halogenated alkanes) is 2. The van der Waals surface area contributed by atoms with Crippen LogP contribution < -0.4 is 16.2 Å². The molecule has 1 heterocycles. The minimum absolute atomic E-state index is 0.191. The molecule has 0 saturated carbocycles. The number of carbonyl (C=O) groups is 2. The first-order valence-corrected chi connectivity index (χ1v) is 9.68. The van der Waals surface area contributed by atoms with Crippen LogP contribution in [-0.4, -0.2) is 28.6 Å². The number of rotatable bonds is 7. The molecule has 3 rings (SSSR count). The lowest BCUT2D eigenvalue weighted by Crippen LogP contribution is -2.27. The molecule has 0 aliphatic rings. The van der Waals surface area contributed by atoms with Crippen molar-refractivity contribution in [2.24, 2.45) is 0 Å². The molecule has 0 atom stereocenters. The molecule has 0 saturated heterocycles. The second-order valence-electron chi connectivity index (χ2n) is 6.74. The smallest absolute Gasteiger partial charge is 0.276 e. The SMILES string of the molecule is CCCCCn1nc(C(=O)Nc2ccc(C(=O)NC)cc2)c2ccccc2c1=O. The van der Waals surface area contributed by atoms with Gasteiger partial charge in [-0.2, -0.15) is 5.10 Å². The summed E-state index contributed by atoms with van der Waals surface area (Å²) in [5, 5.41) is 10.7. The van der Waals surface area contributed by atoms with Crippen LogP contribution in [0.5, 0.6) is 0 Å². The first-order valence-electron chi connectivity index (χ1n) is 9.68. The first-order chi connectivity index (χ1) is 14.0. The lowest BCUT2D eigenvalue weighted by Gasteiger charge is -2.11. The molecule has 7 heteroatoms. The fourth-order valence-corrected chi connectivity index (χ4v) is 3.11. The van der Waals surface area contributed by atoms with Gasteiger partial charge in [-0.1, -0.05) is 38.0 Å². The zero-order valence-electron chi connectivity index (χ0n) is 16.6. The summed E-state index contributed by atoms with van der Waals surface area (Å²) >= 11 is 0. The number of hydrogen-bond donors (Lipinski definition) is 2. The maximum Gasteiger partial charge on any atom is 0.276 e. The predicted molar refractivity (Wildman–Crippen MR) is 113 cm³/mol. The molecular weight excluding hydrogens is 368 g/mol.